The van der Waals surface area contributed by atoms with E-state index < -0.39 is 71.4 Å². The molecule has 184 valence electrons. The van der Waals surface area contributed by atoms with Crippen LogP contribution in [0.15, 0.2) is 29.2 Å². The Balaban J connectivity index is 2.58. The summed E-state index contributed by atoms with van der Waals surface area (Å²) in [6.07, 6.45) is -6.98. The number of ether oxygens (including phenoxy) is 4. The van der Waals surface area contributed by atoms with E-state index in [2.05, 4.69) is 0 Å². The number of aryl methyl sites for hydroxylation is 1. The smallest absolute Gasteiger partial charge is 0.303 e. The first-order valence-corrected chi connectivity index (χ1v) is 11.2. The Morgan fingerprint density at radius 3 is 2.06 bits per heavy atom. The van der Waals surface area contributed by atoms with Crippen molar-refractivity contribution in [3.05, 3.63) is 29.8 Å². The van der Waals surface area contributed by atoms with Gasteiger partial charge >= 0.3 is 17.9 Å². The molecule has 0 amide bonds. The zero-order valence-corrected chi connectivity index (χ0v) is 19.2. The van der Waals surface area contributed by atoms with E-state index in [0.717, 1.165) is 26.3 Å². The van der Waals surface area contributed by atoms with Gasteiger partial charge in [0.1, 0.15) is 12.7 Å². The third-order valence-corrected chi connectivity index (χ3v) is 5.92. The van der Waals surface area contributed by atoms with E-state index in [1.54, 1.807) is 6.92 Å². The summed E-state index contributed by atoms with van der Waals surface area (Å²) in [4.78, 5) is 34.5. The van der Waals surface area contributed by atoms with E-state index in [1.807, 2.05) is 0 Å². The molecule has 2 rings (SSSR count). The molecule has 0 bridgehead atoms. The van der Waals surface area contributed by atoms with Gasteiger partial charge in [0.2, 0.25) is 5.79 Å². The highest BCUT2D eigenvalue weighted by Gasteiger charge is 2.60. The minimum Gasteiger partial charge on any atom is -0.460 e. The van der Waals surface area contributed by atoms with Gasteiger partial charge in [-0.1, -0.05) is 17.7 Å². The quantitative estimate of drug-likeness (QED) is 0.274. The molecule has 1 aromatic rings. The molecule has 12 nitrogen and oxygen atoms in total. The lowest BCUT2D eigenvalue weighted by atomic mass is 9.92. The third-order valence-electron chi connectivity index (χ3n) is 4.59. The number of esters is 3. The Kier molecular flexibility index (Phi) is 8.54. The Labute approximate surface area is 190 Å². The van der Waals surface area contributed by atoms with Crippen LogP contribution in [-0.4, -0.2) is 80.0 Å². The van der Waals surface area contributed by atoms with E-state index in [1.165, 1.54) is 24.3 Å². The monoisotopic (exact) mass is 490 g/mol. The third kappa shape index (κ3) is 6.71. The summed E-state index contributed by atoms with van der Waals surface area (Å²) in [5.41, 5.74) is 0.770. The summed E-state index contributed by atoms with van der Waals surface area (Å²) in [6, 6.07) is 5.56. The Hall–Kier alpha value is -2.58. The van der Waals surface area contributed by atoms with Crippen molar-refractivity contribution in [2.45, 2.75) is 62.8 Å². The Morgan fingerprint density at radius 1 is 1.00 bits per heavy atom. The molecule has 1 aliphatic heterocycles. The first kappa shape index (κ1) is 26.7. The summed E-state index contributed by atoms with van der Waals surface area (Å²) >= 11 is 0. The van der Waals surface area contributed by atoms with Crippen molar-refractivity contribution >= 4 is 28.0 Å². The molecule has 0 aromatic heterocycles. The largest absolute Gasteiger partial charge is 0.460 e. The Morgan fingerprint density at radius 2 is 1.58 bits per heavy atom. The maximum absolute atomic E-state index is 13.0. The second kappa shape index (κ2) is 10.6. The fraction of sp³-hybridized carbons (Fsp3) is 0.550. The van der Waals surface area contributed by atoms with Crippen LogP contribution in [0.5, 0.6) is 0 Å². The van der Waals surface area contributed by atoms with E-state index in [4.69, 9.17) is 23.1 Å². The van der Waals surface area contributed by atoms with Crippen molar-refractivity contribution in [2.75, 3.05) is 13.2 Å². The molecular weight excluding hydrogens is 464 g/mol. The van der Waals surface area contributed by atoms with E-state index in [9.17, 15) is 33.0 Å². The zero-order chi connectivity index (χ0) is 25.0. The predicted molar refractivity (Wildman–Crippen MR) is 108 cm³/mol. The molecule has 1 heterocycles. The molecular formula is C20H26O12S. The van der Waals surface area contributed by atoms with Crippen LogP contribution in [0.2, 0.25) is 0 Å². The normalized spacial score (nSPS) is 27.5. The van der Waals surface area contributed by atoms with Gasteiger partial charge in [-0.15, -0.1) is 0 Å². The van der Waals surface area contributed by atoms with Gasteiger partial charge in [0, 0.05) is 20.8 Å². The van der Waals surface area contributed by atoms with E-state index in [0.29, 0.717) is 0 Å². The van der Waals surface area contributed by atoms with Gasteiger partial charge < -0.3 is 29.2 Å². The van der Waals surface area contributed by atoms with Gasteiger partial charge in [-0.3, -0.25) is 18.6 Å². The van der Waals surface area contributed by atoms with Crippen LogP contribution < -0.4 is 0 Å². The van der Waals surface area contributed by atoms with Gasteiger partial charge in [-0.25, -0.2) is 0 Å². The van der Waals surface area contributed by atoms with Crippen LogP contribution in [0.25, 0.3) is 0 Å². The number of benzene rings is 1. The SMILES string of the molecule is CC(=O)OCC1(O)OC(CO)C(OC(C)=O)C(OS(=O)(=O)c2ccc(C)cc2)C1OC(C)=O. The minimum absolute atomic E-state index is 0.271. The van der Waals surface area contributed by atoms with E-state index in [-0.39, 0.29) is 4.90 Å². The summed E-state index contributed by atoms with van der Waals surface area (Å²) in [7, 11) is -4.57. The highest BCUT2D eigenvalue weighted by Crippen LogP contribution is 2.36. The number of carbonyl (C=O) groups is 3. The van der Waals surface area contributed by atoms with Gasteiger partial charge in [-0.05, 0) is 19.1 Å². The summed E-state index contributed by atoms with van der Waals surface area (Å²) < 4.78 is 51.6. The Bertz CT molecular complexity index is 973. The van der Waals surface area contributed by atoms with Crippen molar-refractivity contribution in [1.82, 2.24) is 0 Å². The first-order valence-electron chi connectivity index (χ1n) is 9.78. The molecule has 0 aliphatic carbocycles. The molecule has 13 heteroatoms. The molecule has 1 fully saturated rings. The number of aliphatic hydroxyl groups excluding tert-OH is 1. The van der Waals surface area contributed by atoms with Crippen molar-refractivity contribution in [3.8, 4) is 0 Å². The standard InChI is InChI=1S/C20H26O12S/c1-11-5-7-15(8-6-11)33(26,27)32-18-17(29-13(3)23)16(9-21)31-20(25,10-28-12(2)22)19(18)30-14(4)24/h5-8,16-19,21,25H,9-10H2,1-4H3. The average molecular weight is 490 g/mol. The lowest BCUT2D eigenvalue weighted by molar-refractivity contribution is -0.356. The topological polar surface area (TPSA) is 172 Å². The molecule has 0 radical (unpaired) electrons. The molecule has 1 saturated heterocycles. The van der Waals surface area contributed by atoms with Crippen LogP contribution in [0.4, 0.5) is 0 Å². The molecule has 5 atom stereocenters. The molecule has 0 saturated carbocycles. The molecule has 2 N–H and O–H groups in total. The summed E-state index contributed by atoms with van der Waals surface area (Å²) in [5, 5.41) is 20.8. The van der Waals surface area contributed by atoms with Gasteiger partial charge in [-0.2, -0.15) is 8.42 Å². The van der Waals surface area contributed by atoms with Crippen molar-refractivity contribution < 1.29 is 56.1 Å². The van der Waals surface area contributed by atoms with Crippen LogP contribution in [0.3, 0.4) is 0 Å². The van der Waals surface area contributed by atoms with Gasteiger partial charge in [0.25, 0.3) is 10.1 Å². The number of rotatable bonds is 8. The zero-order valence-electron chi connectivity index (χ0n) is 18.4. The maximum Gasteiger partial charge on any atom is 0.303 e. The summed E-state index contributed by atoms with van der Waals surface area (Å²) in [6.45, 7) is 2.99. The molecule has 1 aromatic carbocycles. The number of aliphatic hydroxyl groups is 2. The molecule has 5 unspecified atom stereocenters. The van der Waals surface area contributed by atoms with Gasteiger partial charge in [0.15, 0.2) is 18.3 Å². The number of hydrogen-bond donors (Lipinski definition) is 2. The predicted octanol–water partition coefficient (Wildman–Crippen LogP) is -0.425. The molecule has 33 heavy (non-hydrogen) atoms. The molecule has 0 spiro atoms. The van der Waals surface area contributed by atoms with Crippen molar-refractivity contribution in [2.24, 2.45) is 0 Å². The van der Waals surface area contributed by atoms with Crippen molar-refractivity contribution in [1.29, 1.82) is 0 Å². The fourth-order valence-electron chi connectivity index (χ4n) is 3.18. The fourth-order valence-corrected chi connectivity index (χ4v) is 4.27. The van der Waals surface area contributed by atoms with Crippen molar-refractivity contribution in [3.63, 3.8) is 0 Å². The van der Waals surface area contributed by atoms with Crippen LogP contribution >= 0.6 is 0 Å². The minimum atomic E-state index is -4.57. The van der Waals surface area contributed by atoms with Gasteiger partial charge in [0.05, 0.1) is 11.5 Å². The highest BCUT2D eigenvalue weighted by molar-refractivity contribution is 7.86. The van der Waals surface area contributed by atoms with Crippen LogP contribution in [0, 0.1) is 6.92 Å². The molecule has 1 aliphatic rings. The lowest BCUT2D eigenvalue weighted by Gasteiger charge is -2.47. The lowest BCUT2D eigenvalue weighted by Crippen LogP contribution is -2.69. The average Bonchev–Trinajstić information content (AvgIpc) is 2.71. The summed E-state index contributed by atoms with van der Waals surface area (Å²) in [5.74, 6) is -5.35. The number of carbonyl (C=O) groups excluding carboxylic acids is 3. The maximum atomic E-state index is 13.0. The van der Waals surface area contributed by atoms with Crippen LogP contribution in [-0.2, 0) is 47.6 Å². The number of hydrogen-bond acceptors (Lipinski definition) is 12. The second-order valence-electron chi connectivity index (χ2n) is 7.40. The first-order chi connectivity index (χ1) is 15.3. The second-order valence-corrected chi connectivity index (χ2v) is 8.97. The highest BCUT2D eigenvalue weighted by atomic mass is 32.2. The van der Waals surface area contributed by atoms with E-state index >= 15 is 0 Å². The van der Waals surface area contributed by atoms with Crippen LogP contribution in [0.1, 0.15) is 26.3 Å².